The van der Waals surface area contributed by atoms with Gasteiger partial charge in [0, 0.05) is 0 Å². The molecule has 0 radical (unpaired) electrons. The third-order valence-corrected chi connectivity index (χ3v) is 4.42. The lowest BCUT2D eigenvalue weighted by Gasteiger charge is -2.44. The summed E-state index contributed by atoms with van der Waals surface area (Å²) in [7, 11) is 0. The first-order valence-corrected chi connectivity index (χ1v) is 7.20. The van der Waals surface area contributed by atoms with E-state index in [2.05, 4.69) is 5.32 Å². The second kappa shape index (κ2) is 4.98. The summed E-state index contributed by atoms with van der Waals surface area (Å²) in [5, 5.41) is 2.23. The fourth-order valence-electron chi connectivity index (χ4n) is 3.18. The van der Waals surface area contributed by atoms with Crippen LogP contribution in [-0.2, 0) is 19.8 Å². The van der Waals surface area contributed by atoms with Gasteiger partial charge in [0.15, 0.2) is 0 Å². The van der Waals surface area contributed by atoms with Crippen LogP contribution in [0.25, 0.3) is 0 Å². The van der Waals surface area contributed by atoms with Crippen LogP contribution in [-0.4, -0.2) is 35.7 Å². The molecule has 1 aliphatic heterocycles. The minimum Gasteiger partial charge on any atom is -0.323 e. The maximum absolute atomic E-state index is 12.9. The molecule has 3 rings (SSSR count). The predicted molar refractivity (Wildman–Crippen MR) is 76.4 cm³/mol. The number of imide groups is 1. The quantitative estimate of drug-likeness (QED) is 0.822. The van der Waals surface area contributed by atoms with Crippen molar-refractivity contribution in [3.63, 3.8) is 0 Å². The molecule has 1 aliphatic carbocycles. The molecule has 0 spiro atoms. The summed E-state index contributed by atoms with van der Waals surface area (Å²) >= 11 is 0. The predicted octanol–water partition coefficient (Wildman–Crippen LogP) is 0.902. The Bertz CT molecular complexity index is 604. The standard InChI is InChI=1S/C16H18N2O3/c1-11-4-2-5-12(8-11)16(6-3-7-16)15(21)18-9-13(19)17-14(20)10-18/h2,4-5,8H,3,6-7,9-10H2,1H3,(H,17,19,20). The van der Waals surface area contributed by atoms with Crippen molar-refractivity contribution >= 4 is 17.7 Å². The molecule has 3 amide bonds. The van der Waals surface area contributed by atoms with Gasteiger partial charge in [-0.05, 0) is 25.3 Å². The molecule has 1 saturated heterocycles. The molecule has 1 aromatic carbocycles. The van der Waals surface area contributed by atoms with Gasteiger partial charge in [0.2, 0.25) is 17.7 Å². The normalized spacial score (nSPS) is 20.7. The average Bonchev–Trinajstić information content (AvgIpc) is 2.36. The first-order valence-electron chi connectivity index (χ1n) is 7.20. The number of nitrogens with one attached hydrogen (secondary N) is 1. The molecular weight excluding hydrogens is 268 g/mol. The van der Waals surface area contributed by atoms with E-state index < -0.39 is 17.2 Å². The number of benzene rings is 1. The molecule has 110 valence electrons. The molecule has 1 heterocycles. The van der Waals surface area contributed by atoms with Crippen LogP contribution < -0.4 is 5.32 Å². The molecule has 0 bridgehead atoms. The van der Waals surface area contributed by atoms with Crippen LogP contribution in [0.5, 0.6) is 0 Å². The fraction of sp³-hybridized carbons (Fsp3) is 0.438. The number of hydrogen-bond donors (Lipinski definition) is 1. The summed E-state index contributed by atoms with van der Waals surface area (Å²) in [4.78, 5) is 37.3. The summed E-state index contributed by atoms with van der Waals surface area (Å²) in [5.41, 5.74) is 1.56. The minimum absolute atomic E-state index is 0.0296. The van der Waals surface area contributed by atoms with Gasteiger partial charge in [0.1, 0.15) is 13.1 Å². The van der Waals surface area contributed by atoms with E-state index in [0.717, 1.165) is 30.4 Å². The molecule has 1 saturated carbocycles. The lowest BCUT2D eigenvalue weighted by atomic mass is 9.63. The summed E-state index contributed by atoms with van der Waals surface area (Å²) in [6, 6.07) is 7.95. The Morgan fingerprint density at radius 1 is 1.19 bits per heavy atom. The summed E-state index contributed by atoms with van der Waals surface area (Å²) in [6.45, 7) is 1.94. The van der Waals surface area contributed by atoms with Crippen molar-refractivity contribution in [1.82, 2.24) is 10.2 Å². The van der Waals surface area contributed by atoms with Gasteiger partial charge in [-0.1, -0.05) is 36.2 Å². The molecule has 1 aromatic rings. The van der Waals surface area contributed by atoms with Crippen LogP contribution in [0.1, 0.15) is 30.4 Å². The topological polar surface area (TPSA) is 66.5 Å². The van der Waals surface area contributed by atoms with Gasteiger partial charge < -0.3 is 4.90 Å². The Morgan fingerprint density at radius 2 is 1.86 bits per heavy atom. The van der Waals surface area contributed by atoms with Crippen LogP contribution >= 0.6 is 0 Å². The zero-order chi connectivity index (χ0) is 15.0. The lowest BCUT2D eigenvalue weighted by Crippen LogP contribution is -2.59. The van der Waals surface area contributed by atoms with Crippen LogP contribution in [0.2, 0.25) is 0 Å². The van der Waals surface area contributed by atoms with Gasteiger partial charge >= 0.3 is 0 Å². The van der Waals surface area contributed by atoms with Crippen LogP contribution in [0.4, 0.5) is 0 Å². The molecule has 2 aliphatic rings. The Morgan fingerprint density at radius 3 is 2.38 bits per heavy atom. The molecule has 0 aromatic heterocycles. The van der Waals surface area contributed by atoms with Crippen molar-refractivity contribution in [3.05, 3.63) is 35.4 Å². The number of piperazine rings is 1. The van der Waals surface area contributed by atoms with Crippen molar-refractivity contribution in [2.75, 3.05) is 13.1 Å². The third kappa shape index (κ3) is 2.33. The van der Waals surface area contributed by atoms with Gasteiger partial charge in [-0.25, -0.2) is 0 Å². The highest BCUT2D eigenvalue weighted by Crippen LogP contribution is 2.45. The van der Waals surface area contributed by atoms with Gasteiger partial charge in [-0.2, -0.15) is 0 Å². The molecule has 5 heteroatoms. The minimum atomic E-state index is -0.552. The summed E-state index contributed by atoms with van der Waals surface area (Å²) in [5.74, 6) is -0.904. The zero-order valence-corrected chi connectivity index (χ0v) is 12.0. The highest BCUT2D eigenvalue weighted by molar-refractivity contribution is 6.04. The van der Waals surface area contributed by atoms with E-state index in [1.54, 1.807) is 0 Å². The van der Waals surface area contributed by atoms with Crippen molar-refractivity contribution in [2.45, 2.75) is 31.6 Å². The number of amides is 3. The van der Waals surface area contributed by atoms with E-state index in [9.17, 15) is 14.4 Å². The second-order valence-electron chi connectivity index (χ2n) is 5.94. The highest BCUT2D eigenvalue weighted by atomic mass is 16.2. The summed E-state index contributed by atoms with van der Waals surface area (Å²) < 4.78 is 0. The molecule has 1 N–H and O–H groups in total. The number of carbonyl (C=O) groups is 3. The smallest absolute Gasteiger partial charge is 0.246 e. The number of rotatable bonds is 2. The SMILES string of the molecule is Cc1cccc(C2(C(=O)N3CC(=O)NC(=O)C3)CCC2)c1. The number of nitrogens with zero attached hydrogens (tertiary/aromatic N) is 1. The maximum Gasteiger partial charge on any atom is 0.246 e. The van der Waals surface area contributed by atoms with Gasteiger partial charge in [0.05, 0.1) is 5.41 Å². The first-order chi connectivity index (χ1) is 10.0. The van der Waals surface area contributed by atoms with Crippen molar-refractivity contribution in [3.8, 4) is 0 Å². The molecular formula is C16H18N2O3. The van der Waals surface area contributed by atoms with Gasteiger partial charge in [0.25, 0.3) is 0 Å². The average molecular weight is 286 g/mol. The van der Waals surface area contributed by atoms with E-state index in [1.165, 1.54) is 4.90 Å². The molecule has 0 atom stereocenters. The third-order valence-electron chi connectivity index (χ3n) is 4.42. The highest BCUT2D eigenvalue weighted by Gasteiger charge is 2.48. The van der Waals surface area contributed by atoms with Crippen LogP contribution in [0.3, 0.4) is 0 Å². The van der Waals surface area contributed by atoms with E-state index in [4.69, 9.17) is 0 Å². The van der Waals surface area contributed by atoms with Crippen LogP contribution in [0, 0.1) is 6.92 Å². The Balaban J connectivity index is 1.90. The molecule has 5 nitrogen and oxygen atoms in total. The largest absolute Gasteiger partial charge is 0.323 e. The van der Waals surface area contributed by atoms with Crippen molar-refractivity contribution in [1.29, 1.82) is 0 Å². The molecule has 21 heavy (non-hydrogen) atoms. The van der Waals surface area contributed by atoms with Crippen molar-refractivity contribution in [2.24, 2.45) is 0 Å². The maximum atomic E-state index is 12.9. The molecule has 0 unspecified atom stereocenters. The van der Waals surface area contributed by atoms with E-state index in [0.29, 0.717) is 0 Å². The zero-order valence-electron chi connectivity index (χ0n) is 12.0. The Hall–Kier alpha value is -2.17. The van der Waals surface area contributed by atoms with Gasteiger partial charge in [-0.3, -0.25) is 19.7 Å². The van der Waals surface area contributed by atoms with E-state index in [-0.39, 0.29) is 19.0 Å². The van der Waals surface area contributed by atoms with Gasteiger partial charge in [-0.15, -0.1) is 0 Å². The number of carbonyl (C=O) groups excluding carboxylic acids is 3. The van der Waals surface area contributed by atoms with E-state index >= 15 is 0 Å². The Labute approximate surface area is 123 Å². The lowest BCUT2D eigenvalue weighted by molar-refractivity contribution is -0.150. The number of hydrogen-bond acceptors (Lipinski definition) is 3. The van der Waals surface area contributed by atoms with Crippen molar-refractivity contribution < 1.29 is 14.4 Å². The van der Waals surface area contributed by atoms with Crippen LogP contribution in [0.15, 0.2) is 24.3 Å². The molecule has 2 fully saturated rings. The monoisotopic (exact) mass is 286 g/mol. The second-order valence-corrected chi connectivity index (χ2v) is 5.94. The first kappa shape index (κ1) is 13.8. The van der Waals surface area contributed by atoms with E-state index in [1.807, 2.05) is 31.2 Å². The fourth-order valence-corrected chi connectivity index (χ4v) is 3.18. The Kier molecular flexibility index (Phi) is 3.27. The number of aryl methyl sites for hydroxylation is 1. The summed E-state index contributed by atoms with van der Waals surface area (Å²) in [6.07, 6.45) is 2.55.